The fourth-order valence-corrected chi connectivity index (χ4v) is 10.4. The first-order valence-electron chi connectivity index (χ1n) is 12.7. The van der Waals surface area contributed by atoms with Crippen LogP contribution in [-0.4, -0.2) is 34.1 Å². The van der Waals surface area contributed by atoms with Gasteiger partial charge in [0.2, 0.25) is 0 Å². The number of nitriles is 1. The molecule has 0 amide bonds. The largest absolute Gasteiger partial charge is 0.389 e. The first-order chi connectivity index (χ1) is 14.2. The maximum Gasteiger partial charge on any atom is 0.0759 e. The van der Waals surface area contributed by atoms with Crippen molar-refractivity contribution >= 4 is 0 Å². The zero-order chi connectivity index (χ0) is 21.1. The Morgan fingerprint density at radius 3 is 2.47 bits per heavy atom. The van der Waals surface area contributed by atoms with Crippen molar-refractivity contribution in [1.29, 1.82) is 5.26 Å². The van der Waals surface area contributed by atoms with Gasteiger partial charge in [-0.2, -0.15) is 5.26 Å². The molecular formula is C26H39NO3. The Morgan fingerprint density at radius 1 is 1.00 bits per heavy atom. The summed E-state index contributed by atoms with van der Waals surface area (Å²) in [6, 6.07) is 2.30. The van der Waals surface area contributed by atoms with Crippen LogP contribution in [0.4, 0.5) is 0 Å². The van der Waals surface area contributed by atoms with Crippen molar-refractivity contribution in [1.82, 2.24) is 0 Å². The average Bonchev–Trinajstić information content (AvgIpc) is 3.61. The van der Waals surface area contributed by atoms with Crippen LogP contribution in [0.5, 0.6) is 0 Å². The first-order valence-corrected chi connectivity index (χ1v) is 12.7. The van der Waals surface area contributed by atoms with Crippen LogP contribution in [0.1, 0.15) is 78.6 Å². The van der Waals surface area contributed by atoms with E-state index in [0.717, 1.165) is 45.1 Å². The van der Waals surface area contributed by atoms with Crippen LogP contribution in [0, 0.1) is 63.6 Å². The summed E-state index contributed by atoms with van der Waals surface area (Å²) in [5.41, 5.74) is -1.26. The molecule has 12 atom stereocenters. The van der Waals surface area contributed by atoms with Gasteiger partial charge in [-0.05, 0) is 98.7 Å². The molecule has 0 heterocycles. The van der Waals surface area contributed by atoms with Gasteiger partial charge in [0.1, 0.15) is 0 Å². The summed E-state index contributed by atoms with van der Waals surface area (Å²) in [6.45, 7) is 7.58. The van der Waals surface area contributed by atoms with Crippen LogP contribution in [0.2, 0.25) is 0 Å². The second-order valence-electron chi connectivity index (χ2n) is 12.4. The monoisotopic (exact) mass is 413 g/mol. The maximum absolute atomic E-state index is 12.1. The predicted molar refractivity (Wildman–Crippen MR) is 113 cm³/mol. The van der Waals surface area contributed by atoms with Crippen LogP contribution < -0.4 is 0 Å². The summed E-state index contributed by atoms with van der Waals surface area (Å²) >= 11 is 0. The van der Waals surface area contributed by atoms with Crippen LogP contribution in [0.3, 0.4) is 0 Å². The van der Waals surface area contributed by atoms with Gasteiger partial charge in [-0.1, -0.05) is 13.8 Å². The fourth-order valence-electron chi connectivity index (χ4n) is 10.4. The highest BCUT2D eigenvalue weighted by Gasteiger charge is 2.81. The van der Waals surface area contributed by atoms with E-state index in [1.54, 1.807) is 0 Å². The Morgan fingerprint density at radius 2 is 1.73 bits per heavy atom. The van der Waals surface area contributed by atoms with Crippen LogP contribution in [-0.2, 0) is 4.74 Å². The molecule has 6 unspecified atom stereocenters. The number of aliphatic hydroxyl groups is 2. The van der Waals surface area contributed by atoms with E-state index in [0.29, 0.717) is 54.3 Å². The highest BCUT2D eigenvalue weighted by molar-refractivity contribution is 5.29. The van der Waals surface area contributed by atoms with E-state index in [4.69, 9.17) is 4.74 Å². The van der Waals surface area contributed by atoms with E-state index in [1.807, 2.05) is 0 Å². The maximum atomic E-state index is 12.1. The lowest BCUT2D eigenvalue weighted by molar-refractivity contribution is -0.240. The van der Waals surface area contributed by atoms with Gasteiger partial charge in [0.05, 0.1) is 23.4 Å². The van der Waals surface area contributed by atoms with Gasteiger partial charge in [-0.25, -0.2) is 0 Å². The SMILES string of the molecule is CCO[C@H]1CC[C@]2(C)C3CC[C@@]4(C)C(C3C3CC3[C@]2(O)C1)[C@@H]1CC1[C@@]4(O)CCC#N. The number of nitrogens with zero attached hydrogens (tertiary/aromatic N) is 1. The van der Waals surface area contributed by atoms with E-state index in [2.05, 4.69) is 26.8 Å². The van der Waals surface area contributed by atoms with Crippen molar-refractivity contribution in [2.75, 3.05) is 6.61 Å². The minimum absolute atomic E-state index is 0.0119. The number of hydrogen-bond acceptors (Lipinski definition) is 4. The standard InChI is InChI=1S/C26H39NO3/c1-4-30-15-6-9-23(2)18-7-10-24(3)22(17-13-20(17)25(24,28)8-5-11-27)21(18)16-12-19(16)26(23,29)14-15/h15-22,28-29H,4-10,12-14H2,1-3H3/t15-,16?,17+,18?,19?,20?,21?,22?,23+,24-,25-,26+/m0/s1. The lowest BCUT2D eigenvalue weighted by Crippen LogP contribution is -2.65. The number of hydrogen-bond donors (Lipinski definition) is 2. The number of ether oxygens (including phenoxy) is 1. The van der Waals surface area contributed by atoms with Gasteiger partial charge >= 0.3 is 0 Å². The minimum atomic E-state index is -0.644. The number of fused-ring (bicyclic) bond motifs is 10. The Bertz CT molecular complexity index is 794. The van der Waals surface area contributed by atoms with E-state index in [-0.39, 0.29) is 16.9 Å². The molecule has 166 valence electrons. The molecule has 6 rings (SSSR count). The topological polar surface area (TPSA) is 73.5 Å². The second-order valence-corrected chi connectivity index (χ2v) is 12.4. The summed E-state index contributed by atoms with van der Waals surface area (Å²) in [6.07, 6.45) is 8.85. The molecule has 30 heavy (non-hydrogen) atoms. The Labute approximate surface area is 181 Å². The Kier molecular flexibility index (Phi) is 4.02. The van der Waals surface area contributed by atoms with Gasteiger partial charge in [0.25, 0.3) is 0 Å². The summed E-state index contributed by atoms with van der Waals surface area (Å²) in [7, 11) is 0. The first kappa shape index (κ1) is 20.0. The van der Waals surface area contributed by atoms with E-state index in [9.17, 15) is 15.5 Å². The molecule has 0 aliphatic heterocycles. The molecule has 6 saturated carbocycles. The summed E-state index contributed by atoms with van der Waals surface area (Å²) in [5, 5.41) is 33.2. The van der Waals surface area contributed by atoms with E-state index < -0.39 is 11.2 Å². The molecule has 0 aromatic carbocycles. The quantitative estimate of drug-likeness (QED) is 0.721. The molecule has 6 aliphatic carbocycles. The van der Waals surface area contributed by atoms with Crippen molar-refractivity contribution in [2.24, 2.45) is 52.3 Å². The normalized spacial score (nSPS) is 62.3. The fraction of sp³-hybridized carbons (Fsp3) is 0.962. The number of rotatable bonds is 4. The molecule has 0 spiro atoms. The lowest BCUT2D eigenvalue weighted by Gasteiger charge is -2.65. The third kappa shape index (κ3) is 2.14. The molecule has 4 heteroatoms. The van der Waals surface area contributed by atoms with Gasteiger partial charge in [-0.15, -0.1) is 0 Å². The molecule has 0 aromatic rings. The summed E-state index contributed by atoms with van der Waals surface area (Å²) < 4.78 is 6.00. The van der Waals surface area contributed by atoms with Crippen LogP contribution in [0.15, 0.2) is 0 Å². The molecule has 0 saturated heterocycles. The highest BCUT2D eigenvalue weighted by atomic mass is 16.5. The van der Waals surface area contributed by atoms with Gasteiger partial charge in [-0.3, -0.25) is 0 Å². The van der Waals surface area contributed by atoms with Crippen LogP contribution >= 0.6 is 0 Å². The predicted octanol–water partition coefficient (Wildman–Crippen LogP) is 4.30. The lowest BCUT2D eigenvalue weighted by atomic mass is 9.42. The van der Waals surface area contributed by atoms with Gasteiger partial charge in [0, 0.05) is 24.9 Å². The minimum Gasteiger partial charge on any atom is -0.389 e. The van der Waals surface area contributed by atoms with Gasteiger partial charge < -0.3 is 14.9 Å². The molecule has 6 fully saturated rings. The van der Waals surface area contributed by atoms with Gasteiger partial charge in [0.15, 0.2) is 0 Å². The summed E-state index contributed by atoms with van der Waals surface area (Å²) in [5.74, 6) is 3.96. The average molecular weight is 414 g/mol. The van der Waals surface area contributed by atoms with Crippen molar-refractivity contribution in [3.05, 3.63) is 0 Å². The smallest absolute Gasteiger partial charge is 0.0759 e. The van der Waals surface area contributed by atoms with Crippen molar-refractivity contribution in [2.45, 2.75) is 95.9 Å². The van der Waals surface area contributed by atoms with E-state index in [1.165, 1.54) is 6.42 Å². The third-order valence-electron chi connectivity index (χ3n) is 11.8. The highest BCUT2D eigenvalue weighted by Crippen LogP contribution is 2.82. The zero-order valence-corrected chi connectivity index (χ0v) is 18.9. The molecular weight excluding hydrogens is 374 g/mol. The van der Waals surface area contributed by atoms with Crippen molar-refractivity contribution < 1.29 is 14.9 Å². The molecule has 0 radical (unpaired) electrons. The van der Waals surface area contributed by atoms with Crippen molar-refractivity contribution in [3.63, 3.8) is 0 Å². The third-order valence-corrected chi connectivity index (χ3v) is 11.8. The second kappa shape index (κ2) is 6.03. The Balaban J connectivity index is 1.35. The molecule has 0 aromatic heterocycles. The Hall–Kier alpha value is -0.630. The zero-order valence-electron chi connectivity index (χ0n) is 18.9. The summed E-state index contributed by atoms with van der Waals surface area (Å²) in [4.78, 5) is 0. The molecule has 2 N–H and O–H groups in total. The molecule has 6 aliphatic rings. The van der Waals surface area contributed by atoms with Crippen LogP contribution in [0.25, 0.3) is 0 Å². The molecule has 0 bridgehead atoms. The van der Waals surface area contributed by atoms with Crippen molar-refractivity contribution in [3.8, 4) is 6.07 Å². The van der Waals surface area contributed by atoms with E-state index >= 15 is 0 Å². The molecule has 4 nitrogen and oxygen atoms in total.